The van der Waals surface area contributed by atoms with Gasteiger partial charge in [-0.25, -0.2) is 0 Å². The molecule has 1 aromatic heterocycles. The van der Waals surface area contributed by atoms with E-state index in [9.17, 15) is 18.0 Å². The van der Waals surface area contributed by atoms with Crippen molar-refractivity contribution in [1.29, 1.82) is 0 Å². The van der Waals surface area contributed by atoms with E-state index < -0.39 is 11.7 Å². The number of carbonyl (C=O) groups excluding carboxylic acids is 1. The summed E-state index contributed by atoms with van der Waals surface area (Å²) >= 11 is 0. The molecule has 0 unspecified atom stereocenters. The minimum Gasteiger partial charge on any atom is -0.368 e. The Hall–Kier alpha value is -3.94. The van der Waals surface area contributed by atoms with Crippen molar-refractivity contribution in [3.63, 3.8) is 0 Å². The van der Waals surface area contributed by atoms with Gasteiger partial charge in [0.05, 0.1) is 16.6 Å². The SMILES string of the molecule is O=C(c1c(-c2ccccc2)nnc2ccccc12)N1CCN(c2cccc(C(F)(F)F)c2)CC1. The number of fused-ring (bicyclic) bond motifs is 1. The zero-order valence-corrected chi connectivity index (χ0v) is 18.2. The molecule has 1 aliphatic rings. The van der Waals surface area contributed by atoms with E-state index in [1.165, 1.54) is 6.07 Å². The van der Waals surface area contributed by atoms with E-state index in [4.69, 9.17) is 0 Å². The third-order valence-electron chi connectivity index (χ3n) is 6.03. The highest BCUT2D eigenvalue weighted by Crippen LogP contribution is 2.32. The Morgan fingerprint density at radius 2 is 1.50 bits per heavy atom. The van der Waals surface area contributed by atoms with Gasteiger partial charge in [0, 0.05) is 42.8 Å². The van der Waals surface area contributed by atoms with Crippen LogP contribution in [0.15, 0.2) is 78.9 Å². The lowest BCUT2D eigenvalue weighted by Crippen LogP contribution is -2.49. The smallest absolute Gasteiger partial charge is 0.368 e. The zero-order valence-electron chi connectivity index (χ0n) is 18.2. The first-order valence-corrected chi connectivity index (χ1v) is 10.9. The number of halogens is 3. The Morgan fingerprint density at radius 3 is 2.24 bits per heavy atom. The molecule has 1 saturated heterocycles. The van der Waals surface area contributed by atoms with Gasteiger partial charge >= 0.3 is 6.18 Å². The van der Waals surface area contributed by atoms with E-state index in [-0.39, 0.29) is 5.91 Å². The number of alkyl halides is 3. The van der Waals surface area contributed by atoms with Gasteiger partial charge in [-0.05, 0) is 24.3 Å². The van der Waals surface area contributed by atoms with Gasteiger partial charge in [0.25, 0.3) is 5.91 Å². The van der Waals surface area contributed by atoms with Gasteiger partial charge in [0.15, 0.2) is 0 Å². The molecule has 4 aromatic rings. The fourth-order valence-corrected chi connectivity index (χ4v) is 4.27. The summed E-state index contributed by atoms with van der Waals surface area (Å²) in [5.74, 6) is -0.159. The van der Waals surface area contributed by atoms with Crippen LogP contribution < -0.4 is 4.90 Å². The Balaban J connectivity index is 1.43. The molecule has 34 heavy (non-hydrogen) atoms. The molecule has 3 aromatic carbocycles. The highest BCUT2D eigenvalue weighted by molar-refractivity contribution is 6.10. The molecule has 0 atom stereocenters. The maximum Gasteiger partial charge on any atom is 0.416 e. The number of hydrogen-bond acceptors (Lipinski definition) is 4. The van der Waals surface area contributed by atoms with E-state index in [1.54, 1.807) is 11.0 Å². The number of piperazine rings is 1. The fourth-order valence-electron chi connectivity index (χ4n) is 4.27. The summed E-state index contributed by atoms with van der Waals surface area (Å²) in [4.78, 5) is 17.3. The molecule has 1 aliphatic heterocycles. The van der Waals surface area contributed by atoms with Gasteiger partial charge in [-0.15, -0.1) is 10.2 Å². The van der Waals surface area contributed by atoms with Crippen molar-refractivity contribution in [3.8, 4) is 11.3 Å². The van der Waals surface area contributed by atoms with Gasteiger partial charge in [0.1, 0.15) is 5.69 Å². The molecule has 0 spiro atoms. The van der Waals surface area contributed by atoms with Gasteiger partial charge in [-0.1, -0.05) is 54.6 Å². The molecule has 1 amide bonds. The third-order valence-corrected chi connectivity index (χ3v) is 6.03. The summed E-state index contributed by atoms with van der Waals surface area (Å²) in [5, 5.41) is 9.40. The lowest BCUT2D eigenvalue weighted by atomic mass is 10.0. The second-order valence-corrected chi connectivity index (χ2v) is 8.13. The molecule has 0 saturated carbocycles. The highest BCUT2D eigenvalue weighted by atomic mass is 19.4. The number of anilines is 1. The molecular formula is C26H21F3N4O. The van der Waals surface area contributed by atoms with Crippen LogP contribution in [-0.2, 0) is 6.18 Å². The molecule has 0 aliphatic carbocycles. The molecule has 0 radical (unpaired) electrons. The highest BCUT2D eigenvalue weighted by Gasteiger charge is 2.32. The Labute approximate surface area is 194 Å². The van der Waals surface area contributed by atoms with Crippen LogP contribution in [0, 0.1) is 0 Å². The average Bonchev–Trinajstić information content (AvgIpc) is 2.88. The van der Waals surface area contributed by atoms with E-state index in [0.29, 0.717) is 48.6 Å². The summed E-state index contributed by atoms with van der Waals surface area (Å²) in [6.45, 7) is 1.65. The summed E-state index contributed by atoms with van der Waals surface area (Å²) in [6.07, 6.45) is -4.39. The van der Waals surface area contributed by atoms with Crippen molar-refractivity contribution >= 4 is 22.5 Å². The van der Waals surface area contributed by atoms with Crippen molar-refractivity contribution in [3.05, 3.63) is 90.0 Å². The predicted molar refractivity (Wildman–Crippen MR) is 125 cm³/mol. The third kappa shape index (κ3) is 4.19. The average molecular weight is 462 g/mol. The van der Waals surface area contributed by atoms with Crippen LogP contribution in [-0.4, -0.2) is 47.2 Å². The molecule has 172 valence electrons. The van der Waals surface area contributed by atoms with Gasteiger partial charge in [-0.2, -0.15) is 13.2 Å². The van der Waals surface area contributed by atoms with E-state index >= 15 is 0 Å². The van der Waals surface area contributed by atoms with Crippen LogP contribution in [0.25, 0.3) is 22.2 Å². The first-order valence-electron chi connectivity index (χ1n) is 10.9. The minimum absolute atomic E-state index is 0.159. The van der Waals surface area contributed by atoms with Gasteiger partial charge in [0.2, 0.25) is 0 Å². The number of nitrogens with zero attached hydrogens (tertiary/aromatic N) is 4. The fraction of sp³-hybridized carbons (Fsp3) is 0.192. The van der Waals surface area contributed by atoms with Crippen molar-refractivity contribution < 1.29 is 18.0 Å². The van der Waals surface area contributed by atoms with Crippen molar-refractivity contribution in [2.75, 3.05) is 31.1 Å². The van der Waals surface area contributed by atoms with E-state index in [1.807, 2.05) is 59.5 Å². The lowest BCUT2D eigenvalue weighted by Gasteiger charge is -2.36. The monoisotopic (exact) mass is 462 g/mol. The number of carbonyl (C=O) groups is 1. The second-order valence-electron chi connectivity index (χ2n) is 8.13. The Bertz CT molecular complexity index is 1330. The van der Waals surface area contributed by atoms with Crippen molar-refractivity contribution in [2.24, 2.45) is 0 Å². The van der Waals surface area contributed by atoms with E-state index in [2.05, 4.69) is 10.2 Å². The van der Waals surface area contributed by atoms with E-state index in [0.717, 1.165) is 23.1 Å². The first kappa shape index (κ1) is 21.9. The summed E-state index contributed by atoms with van der Waals surface area (Å²) in [7, 11) is 0. The largest absolute Gasteiger partial charge is 0.416 e. The van der Waals surface area contributed by atoms with Crippen LogP contribution in [0.3, 0.4) is 0 Å². The molecular weight excluding hydrogens is 441 g/mol. The topological polar surface area (TPSA) is 49.3 Å². The first-order chi connectivity index (χ1) is 16.4. The van der Waals surface area contributed by atoms with Crippen molar-refractivity contribution in [2.45, 2.75) is 6.18 Å². The van der Waals surface area contributed by atoms with Crippen LogP contribution in [0.2, 0.25) is 0 Å². The van der Waals surface area contributed by atoms with Crippen LogP contribution in [0.1, 0.15) is 15.9 Å². The quantitative estimate of drug-likeness (QED) is 0.416. The maximum atomic E-state index is 13.7. The number of amides is 1. The number of benzene rings is 3. The maximum absolute atomic E-state index is 13.7. The lowest BCUT2D eigenvalue weighted by molar-refractivity contribution is -0.137. The van der Waals surface area contributed by atoms with Crippen molar-refractivity contribution in [1.82, 2.24) is 15.1 Å². The predicted octanol–water partition coefficient (Wildman–Crippen LogP) is 5.28. The molecule has 5 nitrogen and oxygen atoms in total. The molecule has 5 rings (SSSR count). The van der Waals surface area contributed by atoms with Gasteiger partial charge in [-0.3, -0.25) is 4.79 Å². The molecule has 8 heteroatoms. The second kappa shape index (κ2) is 8.78. The summed E-state index contributed by atoms with van der Waals surface area (Å²) in [6, 6.07) is 22.1. The standard InChI is InChI=1S/C26H21F3N4O/c27-26(28,29)19-9-6-10-20(17-19)32-13-15-33(16-14-32)25(34)23-21-11-4-5-12-22(21)30-31-24(23)18-7-2-1-3-8-18/h1-12,17H,13-16H2. The minimum atomic E-state index is -4.39. The number of rotatable bonds is 3. The summed E-state index contributed by atoms with van der Waals surface area (Å²) in [5.41, 5.74) is 2.27. The molecule has 2 heterocycles. The number of aromatic nitrogens is 2. The van der Waals surface area contributed by atoms with Crippen LogP contribution >= 0.6 is 0 Å². The Kier molecular flexibility index (Phi) is 5.65. The zero-order chi connectivity index (χ0) is 23.7. The Morgan fingerprint density at radius 1 is 0.794 bits per heavy atom. The number of hydrogen-bond donors (Lipinski definition) is 0. The van der Waals surface area contributed by atoms with Gasteiger partial charge < -0.3 is 9.80 Å². The molecule has 0 bridgehead atoms. The summed E-state index contributed by atoms with van der Waals surface area (Å²) < 4.78 is 39.3. The molecule has 0 N–H and O–H groups in total. The molecule has 1 fully saturated rings. The van der Waals surface area contributed by atoms with Crippen LogP contribution in [0.4, 0.5) is 18.9 Å². The normalized spacial score (nSPS) is 14.4. The van der Waals surface area contributed by atoms with Crippen LogP contribution in [0.5, 0.6) is 0 Å².